The molecule has 10 fully saturated rings. The van der Waals surface area contributed by atoms with E-state index in [4.69, 9.17) is 4.74 Å². The summed E-state index contributed by atoms with van der Waals surface area (Å²) in [7, 11) is 0. The van der Waals surface area contributed by atoms with Crippen LogP contribution in [0.2, 0.25) is 0 Å². The Labute approximate surface area is 230 Å². The summed E-state index contributed by atoms with van der Waals surface area (Å²) < 4.78 is 6.72. The molecule has 5 nitrogen and oxygen atoms in total. The summed E-state index contributed by atoms with van der Waals surface area (Å²) in [5, 5.41) is 8.29. The van der Waals surface area contributed by atoms with Crippen LogP contribution in [0.5, 0.6) is 0 Å². The lowest BCUT2D eigenvalue weighted by molar-refractivity contribution is -0.322. The van der Waals surface area contributed by atoms with Crippen LogP contribution >= 0.6 is 0 Å². The van der Waals surface area contributed by atoms with Gasteiger partial charge in [-0.3, -0.25) is 9.80 Å². The molecule has 0 amide bonds. The smallest absolute Gasteiger partial charge is 0.0855 e. The van der Waals surface area contributed by atoms with E-state index >= 15 is 0 Å². The van der Waals surface area contributed by atoms with Crippen molar-refractivity contribution in [3.8, 4) is 0 Å². The van der Waals surface area contributed by atoms with Crippen LogP contribution in [0, 0.1) is 22.2 Å². The van der Waals surface area contributed by atoms with Crippen LogP contribution < -0.4 is 10.6 Å². The fourth-order valence-electron chi connectivity index (χ4n) is 13.4. The summed E-state index contributed by atoms with van der Waals surface area (Å²) in [6, 6.07) is 1.41. The van der Waals surface area contributed by atoms with Crippen LogP contribution in [-0.2, 0) is 4.74 Å². The molecule has 210 valence electrons. The van der Waals surface area contributed by atoms with Crippen LogP contribution in [0.15, 0.2) is 0 Å². The largest absolute Gasteiger partial charge is 0.373 e. The summed E-state index contributed by atoms with van der Waals surface area (Å²) in [6.07, 6.45) is 26.9. The first-order chi connectivity index (χ1) is 18.6. The summed E-state index contributed by atoms with van der Waals surface area (Å²) in [4.78, 5) is 6.48. The fraction of sp³-hybridized carbons (Fsp3) is 1.00. The normalized spacial score (nSPS) is 54.8. The van der Waals surface area contributed by atoms with Crippen LogP contribution in [0.4, 0.5) is 0 Å². The first-order valence-corrected chi connectivity index (χ1v) is 17.3. The van der Waals surface area contributed by atoms with Gasteiger partial charge in [0.15, 0.2) is 0 Å². The lowest BCUT2D eigenvalue weighted by Gasteiger charge is -2.80. The molecule has 0 aromatic rings. The zero-order valence-electron chi connectivity index (χ0n) is 23.9. The zero-order valence-corrected chi connectivity index (χ0v) is 23.9. The Morgan fingerprint density at radius 3 is 2.24 bits per heavy atom. The second kappa shape index (κ2) is 7.41. The van der Waals surface area contributed by atoms with Gasteiger partial charge in [0.05, 0.1) is 17.3 Å². The van der Waals surface area contributed by atoms with Gasteiger partial charge in [-0.2, -0.15) is 0 Å². The van der Waals surface area contributed by atoms with Gasteiger partial charge in [-0.05, 0) is 107 Å². The maximum atomic E-state index is 6.72. The highest BCUT2D eigenvalue weighted by Crippen LogP contribution is 2.82. The van der Waals surface area contributed by atoms with Gasteiger partial charge in [-0.1, -0.05) is 38.5 Å². The van der Waals surface area contributed by atoms with Gasteiger partial charge in [-0.15, -0.1) is 0 Å². The average Bonchev–Trinajstić information content (AvgIpc) is 3.59. The molecule has 5 aliphatic heterocycles. The lowest BCUT2D eigenvalue weighted by atomic mass is 9.41. The topological polar surface area (TPSA) is 39.5 Å². The molecule has 38 heavy (non-hydrogen) atoms. The van der Waals surface area contributed by atoms with Crippen molar-refractivity contribution in [1.82, 2.24) is 20.4 Å². The predicted octanol–water partition coefficient (Wildman–Crippen LogP) is 4.80. The van der Waals surface area contributed by atoms with Gasteiger partial charge in [0, 0.05) is 42.7 Å². The van der Waals surface area contributed by atoms with Gasteiger partial charge in [-0.25, -0.2) is 0 Å². The Kier molecular flexibility index (Phi) is 4.56. The molecule has 5 aliphatic carbocycles. The second-order valence-corrected chi connectivity index (χ2v) is 16.5. The number of hydrogen-bond acceptors (Lipinski definition) is 5. The SMILES string of the molecule is C1CCC2(CC1)CCNC2C1(C2CC23CCNC3)N(C2CC23CCCO3)C(N2CC23CCCC3)C12CCC2. The lowest BCUT2D eigenvalue weighted by Crippen LogP contribution is -2.91. The molecule has 2 N–H and O–H groups in total. The molecule has 5 spiro atoms. The Bertz CT molecular complexity index is 998. The quantitative estimate of drug-likeness (QED) is 0.521. The molecule has 5 saturated carbocycles. The van der Waals surface area contributed by atoms with Gasteiger partial charge in [0.25, 0.3) is 0 Å². The van der Waals surface area contributed by atoms with Gasteiger partial charge in [0.2, 0.25) is 0 Å². The monoisotopic (exact) mass is 520 g/mol. The first kappa shape index (κ1) is 23.4. The molecule has 0 aromatic carbocycles. The Balaban J connectivity index is 1.14. The summed E-state index contributed by atoms with van der Waals surface area (Å²) in [5.41, 5.74) is 2.85. The first-order valence-electron chi connectivity index (χ1n) is 17.3. The molecule has 0 radical (unpaired) electrons. The minimum atomic E-state index is 0.210. The van der Waals surface area contributed by atoms with E-state index in [0.29, 0.717) is 33.4 Å². The number of likely N-dealkylation sites (tertiary alicyclic amines) is 1. The standard InChI is InChI=1S/C33H52N4O/c1-2-8-28(9-3-1)16-18-35-26(28)33(24-20-29(24)15-17-34-22-29)31(12-6-13-31)27(36-23-30(36)10-4-5-11-30)37(33)25-21-32(25)14-7-19-38-32/h24-27,34-35H,1-23H2. The maximum absolute atomic E-state index is 6.72. The van der Waals surface area contributed by atoms with Crippen LogP contribution in [0.25, 0.3) is 0 Å². The second-order valence-electron chi connectivity index (χ2n) is 16.5. The summed E-state index contributed by atoms with van der Waals surface area (Å²) in [5.74, 6) is 0.898. The fourth-order valence-corrected chi connectivity index (χ4v) is 13.4. The minimum Gasteiger partial charge on any atom is -0.373 e. The number of rotatable bonds is 4. The third-order valence-corrected chi connectivity index (χ3v) is 15.4. The molecule has 8 atom stereocenters. The van der Waals surface area contributed by atoms with Crippen LogP contribution in [-0.4, -0.2) is 77.5 Å². The Hall–Kier alpha value is -0.200. The maximum Gasteiger partial charge on any atom is 0.0855 e. The number of nitrogens with one attached hydrogen (secondary N) is 2. The van der Waals surface area contributed by atoms with E-state index in [1.165, 1.54) is 142 Å². The van der Waals surface area contributed by atoms with Crippen molar-refractivity contribution >= 4 is 0 Å². The van der Waals surface area contributed by atoms with E-state index in [1.54, 1.807) is 0 Å². The van der Waals surface area contributed by atoms with Crippen molar-refractivity contribution in [2.24, 2.45) is 22.2 Å². The van der Waals surface area contributed by atoms with E-state index in [2.05, 4.69) is 20.4 Å². The average molecular weight is 521 g/mol. The number of nitrogens with zero attached hydrogens (tertiary/aromatic N) is 2. The molecule has 5 heterocycles. The molecule has 5 heteroatoms. The van der Waals surface area contributed by atoms with Gasteiger partial charge in [0.1, 0.15) is 0 Å². The van der Waals surface area contributed by atoms with Gasteiger partial charge < -0.3 is 15.4 Å². The highest BCUT2D eigenvalue weighted by Gasteiger charge is 2.89. The molecular weight excluding hydrogens is 468 g/mol. The Morgan fingerprint density at radius 1 is 0.711 bits per heavy atom. The third kappa shape index (κ3) is 2.57. The highest BCUT2D eigenvalue weighted by atomic mass is 16.5. The molecule has 5 saturated heterocycles. The summed E-state index contributed by atoms with van der Waals surface area (Å²) >= 11 is 0. The van der Waals surface area contributed by atoms with E-state index in [9.17, 15) is 0 Å². The number of ether oxygens (including phenoxy) is 1. The van der Waals surface area contributed by atoms with E-state index in [1.807, 2.05) is 0 Å². The van der Waals surface area contributed by atoms with Crippen molar-refractivity contribution in [2.45, 2.75) is 151 Å². The third-order valence-electron chi connectivity index (χ3n) is 15.4. The van der Waals surface area contributed by atoms with Crippen molar-refractivity contribution in [3.05, 3.63) is 0 Å². The zero-order chi connectivity index (χ0) is 24.8. The molecule has 10 rings (SSSR count). The van der Waals surface area contributed by atoms with Crippen molar-refractivity contribution in [2.75, 3.05) is 32.8 Å². The molecule has 0 bridgehead atoms. The molecule has 10 aliphatic rings. The van der Waals surface area contributed by atoms with E-state index < -0.39 is 0 Å². The number of hydrogen-bond donors (Lipinski definition) is 2. The highest BCUT2D eigenvalue weighted by molar-refractivity contribution is 5.42. The van der Waals surface area contributed by atoms with Crippen molar-refractivity contribution < 1.29 is 4.74 Å². The summed E-state index contributed by atoms with van der Waals surface area (Å²) in [6.45, 7) is 6.27. The minimum absolute atomic E-state index is 0.210. The van der Waals surface area contributed by atoms with E-state index in [0.717, 1.165) is 24.7 Å². The van der Waals surface area contributed by atoms with Crippen molar-refractivity contribution in [1.29, 1.82) is 0 Å². The molecule has 0 aromatic heterocycles. The molecular formula is C33H52N4O. The molecule has 8 unspecified atom stereocenters. The van der Waals surface area contributed by atoms with Gasteiger partial charge >= 0.3 is 0 Å². The van der Waals surface area contributed by atoms with Crippen LogP contribution in [0.1, 0.15) is 116 Å². The predicted molar refractivity (Wildman–Crippen MR) is 149 cm³/mol. The van der Waals surface area contributed by atoms with Crippen LogP contribution in [0.3, 0.4) is 0 Å². The van der Waals surface area contributed by atoms with E-state index in [-0.39, 0.29) is 5.60 Å². The Morgan fingerprint density at radius 2 is 1.53 bits per heavy atom. The van der Waals surface area contributed by atoms with Crippen molar-refractivity contribution in [3.63, 3.8) is 0 Å².